The molecule has 0 aliphatic heterocycles. The Balaban J connectivity index is 2.18. The van der Waals surface area contributed by atoms with Gasteiger partial charge in [-0.1, -0.05) is 13.8 Å². The van der Waals surface area contributed by atoms with Gasteiger partial charge in [-0.15, -0.1) is 0 Å². The molecule has 17 heavy (non-hydrogen) atoms. The van der Waals surface area contributed by atoms with E-state index >= 15 is 0 Å². The van der Waals surface area contributed by atoms with Crippen LogP contribution in [0.2, 0.25) is 0 Å². The van der Waals surface area contributed by atoms with Crippen LogP contribution in [-0.2, 0) is 0 Å². The molecule has 1 heterocycles. The van der Waals surface area contributed by atoms with Gasteiger partial charge in [-0.3, -0.25) is 0 Å². The van der Waals surface area contributed by atoms with Gasteiger partial charge >= 0.3 is 0 Å². The van der Waals surface area contributed by atoms with Crippen molar-refractivity contribution in [2.75, 3.05) is 17.2 Å². The van der Waals surface area contributed by atoms with E-state index in [1.807, 2.05) is 6.92 Å². The highest BCUT2D eigenvalue weighted by Crippen LogP contribution is 2.46. The van der Waals surface area contributed by atoms with Crippen LogP contribution in [0.25, 0.3) is 0 Å². The van der Waals surface area contributed by atoms with E-state index in [9.17, 15) is 8.78 Å². The van der Waals surface area contributed by atoms with E-state index in [0.717, 1.165) is 12.5 Å². The second-order valence-corrected chi connectivity index (χ2v) is 5.07. The standard InChI is InChI=1S/C12H17F2N3/c1-4-15-10-7(13)5-8(14)11(17-10)16-9-6-12(9,2)3/h5,9H,4,6H2,1-3H3,(H2,15,16,17). The third-order valence-electron chi connectivity index (χ3n) is 3.10. The molecule has 0 bridgehead atoms. The monoisotopic (exact) mass is 241 g/mol. The van der Waals surface area contributed by atoms with Gasteiger partial charge in [-0.05, 0) is 18.8 Å². The van der Waals surface area contributed by atoms with E-state index < -0.39 is 11.6 Å². The van der Waals surface area contributed by atoms with Crippen molar-refractivity contribution < 1.29 is 8.78 Å². The van der Waals surface area contributed by atoms with E-state index in [4.69, 9.17) is 0 Å². The molecule has 94 valence electrons. The van der Waals surface area contributed by atoms with Gasteiger partial charge < -0.3 is 10.6 Å². The van der Waals surface area contributed by atoms with Crippen molar-refractivity contribution in [1.82, 2.24) is 4.98 Å². The zero-order valence-electron chi connectivity index (χ0n) is 10.3. The number of nitrogens with zero attached hydrogens (tertiary/aromatic N) is 1. The molecule has 0 saturated heterocycles. The molecule has 1 saturated carbocycles. The van der Waals surface area contributed by atoms with Crippen molar-refractivity contribution in [3.05, 3.63) is 17.7 Å². The molecule has 0 aromatic carbocycles. The summed E-state index contributed by atoms with van der Waals surface area (Å²) >= 11 is 0. The summed E-state index contributed by atoms with van der Waals surface area (Å²) in [5.41, 5.74) is 0.168. The summed E-state index contributed by atoms with van der Waals surface area (Å²) in [5.74, 6) is -1.09. The molecular formula is C12H17F2N3. The molecular weight excluding hydrogens is 224 g/mol. The summed E-state index contributed by atoms with van der Waals surface area (Å²) in [4.78, 5) is 3.94. The lowest BCUT2D eigenvalue weighted by Gasteiger charge is -2.11. The minimum Gasteiger partial charge on any atom is -0.368 e. The van der Waals surface area contributed by atoms with Crippen LogP contribution in [0.1, 0.15) is 27.2 Å². The van der Waals surface area contributed by atoms with Gasteiger partial charge in [-0.25, -0.2) is 13.8 Å². The fourth-order valence-corrected chi connectivity index (χ4v) is 1.74. The van der Waals surface area contributed by atoms with Gasteiger partial charge in [0.25, 0.3) is 0 Å². The summed E-state index contributed by atoms with van der Waals surface area (Å²) in [5, 5.41) is 5.77. The number of hydrogen-bond acceptors (Lipinski definition) is 3. The normalized spacial score (nSPS) is 21.1. The van der Waals surface area contributed by atoms with Crippen molar-refractivity contribution in [3.63, 3.8) is 0 Å². The molecule has 1 aliphatic carbocycles. The minimum absolute atomic E-state index is 0.0925. The summed E-state index contributed by atoms with van der Waals surface area (Å²) in [6, 6.07) is 1.08. The van der Waals surface area contributed by atoms with Gasteiger partial charge in [0.15, 0.2) is 23.3 Å². The maximum absolute atomic E-state index is 13.5. The Bertz CT molecular complexity index is 432. The van der Waals surface area contributed by atoms with Gasteiger partial charge in [0.2, 0.25) is 0 Å². The first-order valence-electron chi connectivity index (χ1n) is 5.80. The minimum atomic E-state index is -0.662. The van der Waals surface area contributed by atoms with Crippen LogP contribution in [0.3, 0.4) is 0 Å². The first-order valence-corrected chi connectivity index (χ1v) is 5.80. The maximum atomic E-state index is 13.5. The second-order valence-electron chi connectivity index (χ2n) is 5.07. The third kappa shape index (κ3) is 2.48. The van der Waals surface area contributed by atoms with Gasteiger partial charge in [0.05, 0.1) is 0 Å². The molecule has 2 rings (SSSR count). The second kappa shape index (κ2) is 4.13. The fourth-order valence-electron chi connectivity index (χ4n) is 1.74. The molecule has 5 heteroatoms. The molecule has 1 unspecified atom stereocenters. The van der Waals surface area contributed by atoms with E-state index in [1.165, 1.54) is 0 Å². The van der Waals surface area contributed by atoms with Crippen molar-refractivity contribution in [2.24, 2.45) is 5.41 Å². The highest BCUT2D eigenvalue weighted by molar-refractivity contribution is 5.49. The maximum Gasteiger partial charge on any atom is 0.168 e. The van der Waals surface area contributed by atoms with Crippen LogP contribution >= 0.6 is 0 Å². The van der Waals surface area contributed by atoms with Crippen LogP contribution < -0.4 is 10.6 Å². The SMILES string of the molecule is CCNc1nc(NC2CC2(C)C)c(F)cc1F. The number of hydrogen-bond donors (Lipinski definition) is 2. The van der Waals surface area contributed by atoms with Crippen molar-refractivity contribution in [3.8, 4) is 0 Å². The fraction of sp³-hybridized carbons (Fsp3) is 0.583. The average Bonchev–Trinajstić information content (AvgIpc) is 2.82. The molecule has 3 nitrogen and oxygen atoms in total. The van der Waals surface area contributed by atoms with Gasteiger partial charge in [0.1, 0.15) is 0 Å². The molecule has 1 aromatic rings. The summed E-state index contributed by atoms with van der Waals surface area (Å²) in [6.45, 7) is 6.57. The predicted octanol–water partition coefficient (Wildman–Crippen LogP) is 3.00. The quantitative estimate of drug-likeness (QED) is 0.850. The largest absolute Gasteiger partial charge is 0.368 e. The summed E-state index contributed by atoms with van der Waals surface area (Å²) < 4.78 is 26.8. The predicted molar refractivity (Wildman–Crippen MR) is 64.1 cm³/mol. The Labute approximate surface area is 99.6 Å². The smallest absolute Gasteiger partial charge is 0.168 e. The van der Waals surface area contributed by atoms with E-state index in [2.05, 4.69) is 29.5 Å². The molecule has 1 atom stereocenters. The molecule has 2 N–H and O–H groups in total. The molecule has 0 amide bonds. The zero-order valence-corrected chi connectivity index (χ0v) is 10.3. The number of anilines is 2. The molecule has 1 fully saturated rings. The summed E-state index contributed by atoms with van der Waals surface area (Å²) in [7, 11) is 0. The Hall–Kier alpha value is -1.39. The molecule has 0 spiro atoms. The summed E-state index contributed by atoms with van der Waals surface area (Å²) in [6.07, 6.45) is 0.974. The van der Waals surface area contributed by atoms with Gasteiger partial charge in [-0.2, -0.15) is 0 Å². The number of halogens is 2. The highest BCUT2D eigenvalue weighted by Gasteiger charge is 2.46. The topological polar surface area (TPSA) is 37.0 Å². The van der Waals surface area contributed by atoms with Crippen molar-refractivity contribution >= 4 is 11.6 Å². The van der Waals surface area contributed by atoms with E-state index in [1.54, 1.807) is 0 Å². The molecule has 1 aliphatic rings. The Morgan fingerprint density at radius 3 is 2.47 bits per heavy atom. The number of aromatic nitrogens is 1. The van der Waals surface area contributed by atoms with Crippen LogP contribution in [0.15, 0.2) is 6.07 Å². The third-order valence-corrected chi connectivity index (χ3v) is 3.10. The number of pyridine rings is 1. The van der Waals surface area contributed by atoms with Crippen LogP contribution in [0.4, 0.5) is 20.4 Å². The lowest BCUT2D eigenvalue weighted by atomic mass is 10.2. The lowest BCUT2D eigenvalue weighted by Crippen LogP contribution is -2.13. The Morgan fingerprint density at radius 2 is 1.94 bits per heavy atom. The Kier molecular flexibility index (Phi) is 2.93. The van der Waals surface area contributed by atoms with Crippen LogP contribution in [0.5, 0.6) is 0 Å². The number of rotatable bonds is 4. The zero-order chi connectivity index (χ0) is 12.6. The highest BCUT2D eigenvalue weighted by atomic mass is 19.1. The first-order chi connectivity index (χ1) is 7.94. The first kappa shape index (κ1) is 12.1. The lowest BCUT2D eigenvalue weighted by molar-refractivity contribution is 0.575. The molecule has 1 aromatic heterocycles. The van der Waals surface area contributed by atoms with E-state index in [0.29, 0.717) is 6.54 Å². The van der Waals surface area contributed by atoms with Gasteiger partial charge in [0, 0.05) is 18.7 Å². The van der Waals surface area contributed by atoms with E-state index in [-0.39, 0.29) is 23.1 Å². The average molecular weight is 241 g/mol. The van der Waals surface area contributed by atoms with Crippen molar-refractivity contribution in [2.45, 2.75) is 33.2 Å². The molecule has 0 radical (unpaired) electrons. The van der Waals surface area contributed by atoms with Crippen LogP contribution in [-0.4, -0.2) is 17.6 Å². The number of nitrogens with one attached hydrogen (secondary N) is 2. The van der Waals surface area contributed by atoms with Crippen LogP contribution in [0, 0.1) is 17.0 Å². The Morgan fingerprint density at radius 1 is 1.35 bits per heavy atom. The van der Waals surface area contributed by atoms with Crippen molar-refractivity contribution in [1.29, 1.82) is 0 Å².